The van der Waals surface area contributed by atoms with Crippen LogP contribution >= 0.6 is 0 Å². The molecule has 0 aliphatic heterocycles. The van der Waals surface area contributed by atoms with Crippen LogP contribution in [-0.4, -0.2) is 21.7 Å². The van der Waals surface area contributed by atoms with Gasteiger partial charge in [0.2, 0.25) is 11.5 Å². The number of ketones is 2. The second-order valence-corrected chi connectivity index (χ2v) is 4.78. The molecule has 0 amide bonds. The van der Waals surface area contributed by atoms with E-state index in [2.05, 4.69) is 19.8 Å². The number of carbonyl (C=O) groups excluding carboxylic acids is 2. The van der Waals surface area contributed by atoms with E-state index >= 15 is 0 Å². The number of benzene rings is 2. The first-order valence-electron chi connectivity index (χ1n) is 6.73. The van der Waals surface area contributed by atoms with Crippen LogP contribution in [0.2, 0.25) is 0 Å². The lowest BCUT2D eigenvalue weighted by molar-refractivity contribution is -0.836. The quantitative estimate of drug-likeness (QED) is 0.357. The van der Waals surface area contributed by atoms with Crippen LogP contribution in [0.15, 0.2) is 36.4 Å². The fraction of sp³-hybridized carbons (Fsp3) is 0. The van der Waals surface area contributed by atoms with E-state index in [1.807, 2.05) is 0 Å². The van der Waals surface area contributed by atoms with Gasteiger partial charge in [-0.2, -0.15) is 0 Å². The Morgan fingerprint density at radius 3 is 1.92 bits per heavy atom. The molecule has 0 aromatic heterocycles. The standard InChI is InChI=1S/C14H6N2O10/c17-12-7-3-1-2-4-8(7)13(18)11-9(12)5-6-10(23-25-15(19)20)14(11)24-26-16(21)22/h1-6H. The SMILES string of the molecule is O=C1c2ccccc2C(=O)c2c1ccc(OO[N+](=O)[O-])c2OO[N+](=O)[O-]. The maximum Gasteiger partial charge on any atom is 0.331 e. The second-order valence-electron chi connectivity index (χ2n) is 4.78. The first-order chi connectivity index (χ1) is 12.4. The van der Waals surface area contributed by atoms with Crippen LogP contribution in [0.25, 0.3) is 0 Å². The van der Waals surface area contributed by atoms with Crippen molar-refractivity contribution in [1.82, 2.24) is 0 Å². The summed E-state index contributed by atoms with van der Waals surface area (Å²) < 4.78 is 0. The van der Waals surface area contributed by atoms with E-state index in [1.165, 1.54) is 18.2 Å². The molecule has 3 rings (SSSR count). The molecule has 26 heavy (non-hydrogen) atoms. The average Bonchev–Trinajstić information content (AvgIpc) is 2.62. The molecule has 0 heterocycles. The number of nitrogens with zero attached hydrogens (tertiary/aromatic N) is 2. The van der Waals surface area contributed by atoms with Crippen molar-refractivity contribution in [1.29, 1.82) is 0 Å². The van der Waals surface area contributed by atoms with E-state index < -0.39 is 38.8 Å². The van der Waals surface area contributed by atoms with Gasteiger partial charge in [0.15, 0.2) is 11.6 Å². The Morgan fingerprint density at radius 2 is 1.31 bits per heavy atom. The van der Waals surface area contributed by atoms with Crippen molar-refractivity contribution in [3.05, 3.63) is 78.9 Å². The summed E-state index contributed by atoms with van der Waals surface area (Å²) in [6, 6.07) is 8.03. The lowest BCUT2D eigenvalue weighted by atomic mass is 9.83. The van der Waals surface area contributed by atoms with Crippen LogP contribution in [0, 0.1) is 20.2 Å². The molecule has 0 bridgehead atoms. The van der Waals surface area contributed by atoms with Crippen molar-refractivity contribution in [2.75, 3.05) is 0 Å². The highest BCUT2D eigenvalue weighted by Gasteiger charge is 2.35. The zero-order valence-electron chi connectivity index (χ0n) is 12.4. The lowest BCUT2D eigenvalue weighted by Crippen LogP contribution is -2.23. The number of rotatable bonds is 6. The van der Waals surface area contributed by atoms with Crippen LogP contribution in [0.3, 0.4) is 0 Å². The van der Waals surface area contributed by atoms with Crippen LogP contribution < -0.4 is 9.78 Å². The molecule has 0 fully saturated rings. The third-order valence-corrected chi connectivity index (χ3v) is 3.38. The van der Waals surface area contributed by atoms with E-state index in [4.69, 9.17) is 0 Å². The molecule has 2 aromatic carbocycles. The number of hydrogen-bond acceptors (Lipinski definition) is 10. The molecule has 0 saturated carbocycles. The van der Waals surface area contributed by atoms with E-state index in [1.54, 1.807) is 6.07 Å². The summed E-state index contributed by atoms with van der Waals surface area (Å²) in [4.78, 5) is 62.3. The molecule has 0 radical (unpaired) electrons. The van der Waals surface area contributed by atoms with E-state index in [0.717, 1.165) is 12.1 Å². The van der Waals surface area contributed by atoms with Crippen LogP contribution in [0.1, 0.15) is 31.8 Å². The summed E-state index contributed by atoms with van der Waals surface area (Å²) in [6.45, 7) is 0. The summed E-state index contributed by atoms with van der Waals surface area (Å²) in [5.74, 6) is -2.57. The van der Waals surface area contributed by atoms with E-state index in [0.29, 0.717) is 0 Å². The summed E-state index contributed by atoms with van der Waals surface area (Å²) >= 11 is 0. The summed E-state index contributed by atoms with van der Waals surface area (Å²) in [7, 11) is 0. The van der Waals surface area contributed by atoms with Gasteiger partial charge in [-0.3, -0.25) is 19.4 Å². The lowest BCUT2D eigenvalue weighted by Gasteiger charge is -2.20. The molecule has 0 spiro atoms. The summed E-state index contributed by atoms with van der Waals surface area (Å²) in [5, 5.41) is 18.0. The normalized spacial score (nSPS) is 11.8. The molecule has 132 valence electrons. The van der Waals surface area contributed by atoms with Gasteiger partial charge in [0.05, 0.1) is 5.56 Å². The predicted octanol–water partition coefficient (Wildman–Crippen LogP) is 1.47. The number of fused-ring (bicyclic) bond motifs is 2. The minimum absolute atomic E-state index is 0.0169. The Kier molecular flexibility index (Phi) is 4.06. The van der Waals surface area contributed by atoms with Crippen molar-refractivity contribution in [3.8, 4) is 11.5 Å². The Labute approximate surface area is 142 Å². The predicted molar refractivity (Wildman–Crippen MR) is 77.2 cm³/mol. The maximum absolute atomic E-state index is 12.7. The van der Waals surface area contributed by atoms with Crippen LogP contribution in [-0.2, 0) is 9.98 Å². The maximum atomic E-state index is 12.7. The molecule has 12 heteroatoms. The molecule has 0 atom stereocenters. The van der Waals surface area contributed by atoms with Gasteiger partial charge in [-0.05, 0) is 12.1 Å². The molecule has 12 nitrogen and oxygen atoms in total. The largest absolute Gasteiger partial charge is 0.331 e. The third-order valence-electron chi connectivity index (χ3n) is 3.38. The Morgan fingerprint density at radius 1 is 0.731 bits per heavy atom. The summed E-state index contributed by atoms with van der Waals surface area (Å²) in [5.41, 5.74) is -0.422. The molecule has 0 unspecified atom stereocenters. The smallest absolute Gasteiger partial charge is 0.296 e. The average molecular weight is 362 g/mol. The van der Waals surface area contributed by atoms with Crippen molar-refractivity contribution in [2.24, 2.45) is 0 Å². The van der Waals surface area contributed by atoms with E-state index in [9.17, 15) is 29.8 Å². The topological polar surface area (TPSA) is 157 Å². The van der Waals surface area contributed by atoms with Crippen molar-refractivity contribution < 1.29 is 39.5 Å². The molecule has 1 aliphatic carbocycles. The van der Waals surface area contributed by atoms with Gasteiger partial charge in [-0.15, -0.1) is 20.2 Å². The van der Waals surface area contributed by atoms with Crippen molar-refractivity contribution >= 4 is 11.6 Å². The number of carbonyl (C=O) groups is 2. The Hall–Kier alpha value is -4.22. The highest BCUT2D eigenvalue weighted by molar-refractivity contribution is 6.29. The first kappa shape index (κ1) is 16.6. The zero-order valence-corrected chi connectivity index (χ0v) is 12.4. The van der Waals surface area contributed by atoms with Crippen molar-refractivity contribution in [3.63, 3.8) is 0 Å². The van der Waals surface area contributed by atoms with Crippen LogP contribution in [0.4, 0.5) is 0 Å². The first-order valence-corrected chi connectivity index (χ1v) is 6.73. The Balaban J connectivity index is 2.15. The molecule has 1 aliphatic rings. The summed E-state index contributed by atoms with van der Waals surface area (Å²) in [6.07, 6.45) is 0. The fourth-order valence-electron chi connectivity index (χ4n) is 2.42. The van der Waals surface area contributed by atoms with Gasteiger partial charge < -0.3 is 0 Å². The van der Waals surface area contributed by atoms with E-state index in [-0.39, 0.29) is 16.7 Å². The molecule has 2 aromatic rings. The van der Waals surface area contributed by atoms with Gasteiger partial charge >= 0.3 is 10.2 Å². The van der Waals surface area contributed by atoms with Crippen molar-refractivity contribution in [2.45, 2.75) is 0 Å². The van der Waals surface area contributed by atoms with Gasteiger partial charge in [-0.1, -0.05) is 34.2 Å². The van der Waals surface area contributed by atoms with Gasteiger partial charge in [0.1, 0.15) is 0 Å². The molecular weight excluding hydrogens is 356 g/mol. The highest BCUT2D eigenvalue weighted by atomic mass is 17.4. The van der Waals surface area contributed by atoms with Gasteiger partial charge in [0, 0.05) is 16.7 Å². The second kappa shape index (κ2) is 6.35. The third kappa shape index (κ3) is 2.82. The monoisotopic (exact) mass is 362 g/mol. The highest BCUT2D eigenvalue weighted by Crippen LogP contribution is 2.39. The van der Waals surface area contributed by atoms with Gasteiger partial charge in [-0.25, -0.2) is 0 Å². The van der Waals surface area contributed by atoms with Crippen LogP contribution in [0.5, 0.6) is 11.5 Å². The molecule has 0 N–H and O–H groups in total. The molecule has 0 saturated heterocycles. The fourth-order valence-corrected chi connectivity index (χ4v) is 2.42. The number of hydrogen-bond donors (Lipinski definition) is 0. The molecular formula is C14H6N2O10. The minimum Gasteiger partial charge on any atom is -0.296 e. The zero-order chi connectivity index (χ0) is 18.8. The Bertz CT molecular complexity index is 955. The van der Waals surface area contributed by atoms with Gasteiger partial charge in [0.25, 0.3) is 0 Å². The minimum atomic E-state index is -1.33.